The highest BCUT2D eigenvalue weighted by Gasteiger charge is 1.91. The molecule has 0 fully saturated rings. The van der Waals surface area contributed by atoms with Gasteiger partial charge in [-0.05, 0) is 25.5 Å². The van der Waals surface area contributed by atoms with Crippen molar-refractivity contribution in [3.05, 3.63) is 0 Å². The Morgan fingerprint density at radius 3 is 2.45 bits per heavy atom. The van der Waals surface area contributed by atoms with E-state index in [0.717, 1.165) is 25.0 Å². The molecular formula is C7H14IN3. The van der Waals surface area contributed by atoms with Gasteiger partial charge in [0.1, 0.15) is 0 Å². The fraction of sp³-hybridized carbons (Fsp3) is 0.571. The van der Waals surface area contributed by atoms with E-state index < -0.39 is 0 Å². The van der Waals surface area contributed by atoms with Crippen LogP contribution in [0.5, 0.6) is 0 Å². The molecule has 4 heteroatoms. The summed E-state index contributed by atoms with van der Waals surface area (Å²) in [6, 6.07) is 0. The van der Waals surface area contributed by atoms with Crippen molar-refractivity contribution in [3.8, 4) is 0 Å². The Balaban J connectivity index is 0. The van der Waals surface area contributed by atoms with Crippen LogP contribution in [-0.2, 0) is 0 Å². The molecule has 64 valence electrons. The molecular weight excluding hydrogens is 253 g/mol. The lowest BCUT2D eigenvalue weighted by Gasteiger charge is -1.94. The molecule has 11 heavy (non-hydrogen) atoms. The van der Waals surface area contributed by atoms with Crippen molar-refractivity contribution in [3.63, 3.8) is 0 Å². The standard InChI is InChI=1S/C7H13N3.HI/c1-10-7(6-9)4-2-3-5-8;/h5-6,8-9H,2-4H2,1H3;1H. The molecule has 0 saturated heterocycles. The van der Waals surface area contributed by atoms with Crippen LogP contribution >= 0.6 is 24.0 Å². The first-order valence-corrected chi connectivity index (χ1v) is 3.30. The molecule has 0 radical (unpaired) electrons. The van der Waals surface area contributed by atoms with E-state index in [4.69, 9.17) is 10.8 Å². The second-order valence-electron chi connectivity index (χ2n) is 1.96. The monoisotopic (exact) mass is 267 g/mol. The molecule has 0 aliphatic rings. The molecule has 0 aliphatic carbocycles. The molecule has 3 nitrogen and oxygen atoms in total. The Morgan fingerprint density at radius 2 is 2.09 bits per heavy atom. The van der Waals surface area contributed by atoms with E-state index >= 15 is 0 Å². The fourth-order valence-electron chi connectivity index (χ4n) is 0.634. The van der Waals surface area contributed by atoms with Gasteiger partial charge in [-0.3, -0.25) is 4.99 Å². The number of nitrogens with one attached hydrogen (secondary N) is 2. The molecule has 0 rings (SSSR count). The van der Waals surface area contributed by atoms with Gasteiger partial charge in [-0.1, -0.05) is 0 Å². The van der Waals surface area contributed by atoms with Crippen LogP contribution < -0.4 is 0 Å². The molecule has 0 unspecified atom stereocenters. The van der Waals surface area contributed by atoms with E-state index in [-0.39, 0.29) is 24.0 Å². The maximum Gasteiger partial charge on any atom is 0.0520 e. The highest BCUT2D eigenvalue weighted by molar-refractivity contribution is 14.0. The lowest BCUT2D eigenvalue weighted by Crippen LogP contribution is -1.98. The van der Waals surface area contributed by atoms with E-state index in [1.165, 1.54) is 12.4 Å². The van der Waals surface area contributed by atoms with E-state index in [2.05, 4.69) is 4.99 Å². The number of nitrogens with zero attached hydrogens (tertiary/aromatic N) is 1. The summed E-state index contributed by atoms with van der Waals surface area (Å²) in [5, 5.41) is 13.6. The molecule has 0 saturated carbocycles. The molecule has 0 aromatic rings. The minimum absolute atomic E-state index is 0. The van der Waals surface area contributed by atoms with E-state index in [1.54, 1.807) is 7.05 Å². The van der Waals surface area contributed by atoms with Crippen molar-refractivity contribution >= 4 is 42.1 Å². The topological polar surface area (TPSA) is 60.1 Å². The molecule has 0 aromatic heterocycles. The molecule has 0 aromatic carbocycles. The summed E-state index contributed by atoms with van der Waals surface area (Å²) in [5.41, 5.74) is 0.807. The van der Waals surface area contributed by atoms with Gasteiger partial charge < -0.3 is 10.8 Å². The first-order chi connectivity index (χ1) is 4.85. The highest BCUT2D eigenvalue weighted by Crippen LogP contribution is 1.93. The van der Waals surface area contributed by atoms with Crippen LogP contribution in [0.15, 0.2) is 4.99 Å². The summed E-state index contributed by atoms with van der Waals surface area (Å²) in [4.78, 5) is 3.88. The van der Waals surface area contributed by atoms with Crippen LogP contribution in [-0.4, -0.2) is 25.2 Å². The predicted molar refractivity (Wildman–Crippen MR) is 60.2 cm³/mol. The predicted octanol–water partition coefficient (Wildman–Crippen LogP) is 2.14. The first kappa shape index (κ1) is 13.3. The van der Waals surface area contributed by atoms with Gasteiger partial charge in [0.15, 0.2) is 0 Å². The number of rotatable bonds is 5. The van der Waals surface area contributed by atoms with Gasteiger partial charge in [0.25, 0.3) is 0 Å². The van der Waals surface area contributed by atoms with Crippen LogP contribution in [0, 0.1) is 10.8 Å². The van der Waals surface area contributed by atoms with Gasteiger partial charge >= 0.3 is 0 Å². The zero-order valence-corrected chi connectivity index (χ0v) is 8.96. The Labute approximate surface area is 84.3 Å². The molecule has 0 amide bonds. The summed E-state index contributed by atoms with van der Waals surface area (Å²) in [7, 11) is 1.69. The average Bonchev–Trinajstić information content (AvgIpc) is 1.99. The molecule has 0 heterocycles. The van der Waals surface area contributed by atoms with Gasteiger partial charge in [-0.15, -0.1) is 24.0 Å². The summed E-state index contributed by atoms with van der Waals surface area (Å²) in [6.45, 7) is 0. The van der Waals surface area contributed by atoms with Crippen molar-refractivity contribution in [2.24, 2.45) is 4.99 Å². The fourth-order valence-corrected chi connectivity index (χ4v) is 0.634. The number of aliphatic imine (C=N–C) groups is 1. The van der Waals surface area contributed by atoms with Crippen LogP contribution in [0.25, 0.3) is 0 Å². The molecule has 0 spiro atoms. The van der Waals surface area contributed by atoms with Crippen LogP contribution in [0.2, 0.25) is 0 Å². The molecule has 0 atom stereocenters. The van der Waals surface area contributed by atoms with Crippen molar-refractivity contribution < 1.29 is 0 Å². The van der Waals surface area contributed by atoms with Crippen molar-refractivity contribution in [2.75, 3.05) is 7.05 Å². The number of halogens is 1. The lowest BCUT2D eigenvalue weighted by atomic mass is 10.2. The van der Waals surface area contributed by atoms with Crippen molar-refractivity contribution in [1.29, 1.82) is 10.8 Å². The minimum atomic E-state index is 0. The lowest BCUT2D eigenvalue weighted by molar-refractivity contribution is 0.933. The second kappa shape index (κ2) is 9.74. The summed E-state index contributed by atoms with van der Waals surface area (Å²) < 4.78 is 0. The first-order valence-electron chi connectivity index (χ1n) is 3.30. The third kappa shape index (κ3) is 7.64. The zero-order valence-electron chi connectivity index (χ0n) is 6.63. The number of hydrogen-bond acceptors (Lipinski definition) is 3. The highest BCUT2D eigenvalue weighted by atomic mass is 127. The largest absolute Gasteiger partial charge is 0.313 e. The SMILES string of the molecule is CN=C(C=N)CCCC=N.I. The molecule has 2 N–H and O–H groups in total. The van der Waals surface area contributed by atoms with Gasteiger partial charge in [0, 0.05) is 13.3 Å². The third-order valence-corrected chi connectivity index (χ3v) is 1.24. The second-order valence-corrected chi connectivity index (χ2v) is 1.96. The van der Waals surface area contributed by atoms with Gasteiger partial charge in [0.05, 0.1) is 5.71 Å². The Kier molecular flexibility index (Phi) is 11.8. The molecule has 0 bridgehead atoms. The maximum absolute atomic E-state index is 6.88. The van der Waals surface area contributed by atoms with Crippen molar-refractivity contribution in [1.82, 2.24) is 0 Å². The van der Waals surface area contributed by atoms with Gasteiger partial charge in [-0.25, -0.2) is 0 Å². The Hall–Kier alpha value is -0.260. The van der Waals surface area contributed by atoms with E-state index in [0.29, 0.717) is 0 Å². The van der Waals surface area contributed by atoms with Crippen LogP contribution in [0.1, 0.15) is 19.3 Å². The Morgan fingerprint density at radius 1 is 1.45 bits per heavy atom. The van der Waals surface area contributed by atoms with E-state index in [1.807, 2.05) is 0 Å². The number of unbranched alkanes of at least 4 members (excludes halogenated alkanes) is 1. The third-order valence-electron chi connectivity index (χ3n) is 1.24. The summed E-state index contributed by atoms with van der Waals surface area (Å²) in [6.07, 6.45) is 5.18. The van der Waals surface area contributed by atoms with Gasteiger partial charge in [-0.2, -0.15) is 0 Å². The molecule has 0 aliphatic heterocycles. The Bertz CT molecular complexity index is 143. The van der Waals surface area contributed by atoms with E-state index in [9.17, 15) is 0 Å². The van der Waals surface area contributed by atoms with Crippen LogP contribution in [0.3, 0.4) is 0 Å². The maximum atomic E-state index is 6.88. The zero-order chi connectivity index (χ0) is 7.82. The van der Waals surface area contributed by atoms with Crippen molar-refractivity contribution in [2.45, 2.75) is 19.3 Å². The minimum Gasteiger partial charge on any atom is -0.313 e. The number of hydrogen-bond donors (Lipinski definition) is 2. The summed E-state index contributed by atoms with van der Waals surface area (Å²) in [5.74, 6) is 0. The average molecular weight is 267 g/mol. The summed E-state index contributed by atoms with van der Waals surface area (Å²) >= 11 is 0. The quantitative estimate of drug-likeness (QED) is 0.435. The smallest absolute Gasteiger partial charge is 0.0520 e. The normalized spacial score (nSPS) is 10.1. The van der Waals surface area contributed by atoms with Gasteiger partial charge in [0.2, 0.25) is 0 Å². The van der Waals surface area contributed by atoms with Crippen LogP contribution in [0.4, 0.5) is 0 Å².